The van der Waals surface area contributed by atoms with E-state index >= 15 is 0 Å². The highest BCUT2D eigenvalue weighted by Gasteiger charge is 2.43. The molecule has 1 fully saturated rings. The van der Waals surface area contributed by atoms with Crippen molar-refractivity contribution in [2.24, 2.45) is 5.92 Å². The van der Waals surface area contributed by atoms with E-state index in [1.54, 1.807) is 7.11 Å². The van der Waals surface area contributed by atoms with E-state index in [1.165, 1.54) is 12.8 Å². The zero-order valence-corrected chi connectivity index (χ0v) is 12.3. The first-order chi connectivity index (χ1) is 9.65. The monoisotopic (exact) mass is 274 g/mol. The number of carbonyl (C=O) groups is 1. The lowest BCUT2D eigenvalue weighted by molar-refractivity contribution is -0.00441. The molecule has 1 spiro atoms. The molecule has 1 heterocycles. The van der Waals surface area contributed by atoms with Gasteiger partial charge in [0.25, 0.3) is 0 Å². The molecule has 1 saturated carbocycles. The predicted molar refractivity (Wildman–Crippen MR) is 77.5 cm³/mol. The molecule has 3 nitrogen and oxygen atoms in total. The van der Waals surface area contributed by atoms with E-state index in [9.17, 15) is 4.79 Å². The summed E-state index contributed by atoms with van der Waals surface area (Å²) in [6, 6.07) is 5.50. The molecule has 2 atom stereocenters. The molecule has 20 heavy (non-hydrogen) atoms. The van der Waals surface area contributed by atoms with Crippen molar-refractivity contribution in [3.8, 4) is 11.5 Å². The van der Waals surface area contributed by atoms with Crippen LogP contribution in [0, 0.1) is 5.92 Å². The van der Waals surface area contributed by atoms with Gasteiger partial charge in [-0.2, -0.15) is 0 Å². The molecule has 2 unspecified atom stereocenters. The van der Waals surface area contributed by atoms with Crippen LogP contribution in [0.15, 0.2) is 18.2 Å². The molecule has 0 N–H and O–H groups in total. The van der Waals surface area contributed by atoms with Gasteiger partial charge in [-0.25, -0.2) is 0 Å². The molecule has 1 aliphatic carbocycles. The molecule has 0 radical (unpaired) electrons. The van der Waals surface area contributed by atoms with Crippen molar-refractivity contribution in [3.05, 3.63) is 23.8 Å². The number of hydrogen-bond donors (Lipinski definition) is 0. The van der Waals surface area contributed by atoms with Gasteiger partial charge in [0.1, 0.15) is 17.1 Å². The van der Waals surface area contributed by atoms with Gasteiger partial charge in [-0.3, -0.25) is 4.79 Å². The Morgan fingerprint density at radius 1 is 1.45 bits per heavy atom. The summed E-state index contributed by atoms with van der Waals surface area (Å²) < 4.78 is 11.5. The van der Waals surface area contributed by atoms with Gasteiger partial charge in [0.15, 0.2) is 5.78 Å². The number of fused-ring (bicyclic) bond motifs is 1. The van der Waals surface area contributed by atoms with Gasteiger partial charge >= 0.3 is 0 Å². The second kappa shape index (κ2) is 5.12. The van der Waals surface area contributed by atoms with Gasteiger partial charge in [-0.05, 0) is 37.3 Å². The van der Waals surface area contributed by atoms with Gasteiger partial charge in [-0.15, -0.1) is 0 Å². The van der Waals surface area contributed by atoms with Gasteiger partial charge in [0, 0.05) is 6.07 Å². The molecular weight excluding hydrogens is 252 g/mol. The minimum Gasteiger partial charge on any atom is -0.497 e. The first-order valence-corrected chi connectivity index (χ1v) is 7.56. The van der Waals surface area contributed by atoms with Crippen LogP contribution < -0.4 is 9.47 Å². The van der Waals surface area contributed by atoms with Crippen LogP contribution in [0.2, 0.25) is 0 Å². The van der Waals surface area contributed by atoms with Crippen molar-refractivity contribution in [2.75, 3.05) is 7.11 Å². The molecular formula is C17H22O3. The quantitative estimate of drug-likeness (QED) is 0.817. The van der Waals surface area contributed by atoms with Crippen LogP contribution in [-0.4, -0.2) is 18.5 Å². The van der Waals surface area contributed by atoms with E-state index in [4.69, 9.17) is 9.47 Å². The molecule has 108 valence electrons. The third kappa shape index (κ3) is 2.30. The largest absolute Gasteiger partial charge is 0.497 e. The Morgan fingerprint density at radius 3 is 3.05 bits per heavy atom. The van der Waals surface area contributed by atoms with Gasteiger partial charge in [0.2, 0.25) is 0 Å². The van der Waals surface area contributed by atoms with E-state index in [-0.39, 0.29) is 11.4 Å². The molecule has 0 amide bonds. The molecule has 1 aromatic rings. The van der Waals surface area contributed by atoms with E-state index in [2.05, 4.69) is 6.92 Å². The fourth-order valence-electron chi connectivity index (χ4n) is 3.65. The number of Topliss-reactive ketones (excluding diaryl/α,β-unsaturated/α-hetero) is 1. The standard InChI is InChI=1S/C17H22O3/c1-3-12-5-4-8-17(10-12)11-15(18)14-7-6-13(19-2)9-16(14)20-17/h6-7,9,12H,3-5,8,10-11H2,1-2H3. The fourth-order valence-corrected chi connectivity index (χ4v) is 3.65. The summed E-state index contributed by atoms with van der Waals surface area (Å²) in [6.07, 6.45) is 6.12. The van der Waals surface area contributed by atoms with Crippen LogP contribution in [0.1, 0.15) is 55.8 Å². The predicted octanol–water partition coefficient (Wildman–Crippen LogP) is 4.00. The minimum atomic E-state index is -0.268. The van der Waals surface area contributed by atoms with Crippen LogP contribution in [0.25, 0.3) is 0 Å². The summed E-state index contributed by atoms with van der Waals surface area (Å²) in [7, 11) is 1.63. The van der Waals surface area contributed by atoms with Gasteiger partial charge in [0.05, 0.1) is 19.1 Å². The molecule has 1 aliphatic heterocycles. The van der Waals surface area contributed by atoms with Crippen LogP contribution >= 0.6 is 0 Å². The number of benzene rings is 1. The zero-order chi connectivity index (χ0) is 14.2. The maximum atomic E-state index is 12.4. The van der Waals surface area contributed by atoms with Crippen LogP contribution in [0.5, 0.6) is 11.5 Å². The first kappa shape index (κ1) is 13.5. The van der Waals surface area contributed by atoms with Gasteiger partial charge in [-0.1, -0.05) is 19.8 Å². The summed E-state index contributed by atoms with van der Waals surface area (Å²) >= 11 is 0. The average Bonchev–Trinajstić information content (AvgIpc) is 2.46. The van der Waals surface area contributed by atoms with E-state index < -0.39 is 0 Å². The fraction of sp³-hybridized carbons (Fsp3) is 0.588. The Balaban J connectivity index is 1.92. The molecule has 3 heteroatoms. The summed E-state index contributed by atoms with van der Waals surface area (Å²) in [4.78, 5) is 12.4. The Labute approximate surface area is 120 Å². The SMILES string of the molecule is CCC1CCCC2(CC(=O)c3ccc(OC)cc3O2)C1. The topological polar surface area (TPSA) is 35.5 Å². The van der Waals surface area contributed by atoms with E-state index in [0.717, 1.165) is 25.0 Å². The van der Waals surface area contributed by atoms with Crippen molar-refractivity contribution in [1.29, 1.82) is 0 Å². The maximum Gasteiger partial charge on any atom is 0.170 e. The Morgan fingerprint density at radius 2 is 2.30 bits per heavy atom. The van der Waals surface area contributed by atoms with Crippen molar-refractivity contribution in [1.82, 2.24) is 0 Å². The van der Waals surface area contributed by atoms with Crippen molar-refractivity contribution in [3.63, 3.8) is 0 Å². The number of methoxy groups -OCH3 is 1. The van der Waals surface area contributed by atoms with Crippen LogP contribution in [0.4, 0.5) is 0 Å². The molecule has 3 rings (SSSR count). The minimum absolute atomic E-state index is 0.214. The average molecular weight is 274 g/mol. The normalized spacial score (nSPS) is 28.9. The van der Waals surface area contributed by atoms with Crippen LogP contribution in [-0.2, 0) is 0 Å². The molecule has 1 aromatic carbocycles. The smallest absolute Gasteiger partial charge is 0.170 e. The Hall–Kier alpha value is -1.51. The number of carbonyl (C=O) groups excluding carboxylic acids is 1. The molecule has 2 aliphatic rings. The number of ether oxygens (including phenoxy) is 2. The Kier molecular flexibility index (Phi) is 3.45. The number of hydrogen-bond acceptors (Lipinski definition) is 3. The van der Waals surface area contributed by atoms with Gasteiger partial charge < -0.3 is 9.47 Å². The number of ketones is 1. The highest BCUT2D eigenvalue weighted by molar-refractivity contribution is 6.00. The molecule has 0 saturated heterocycles. The summed E-state index contributed by atoms with van der Waals surface area (Å²) in [5.74, 6) is 2.35. The highest BCUT2D eigenvalue weighted by atomic mass is 16.5. The molecule has 0 bridgehead atoms. The summed E-state index contributed by atoms with van der Waals surface area (Å²) in [5, 5.41) is 0. The second-order valence-corrected chi connectivity index (χ2v) is 6.12. The highest BCUT2D eigenvalue weighted by Crippen LogP contribution is 2.45. The third-order valence-corrected chi connectivity index (χ3v) is 4.78. The van der Waals surface area contributed by atoms with E-state index in [1.807, 2.05) is 18.2 Å². The first-order valence-electron chi connectivity index (χ1n) is 7.56. The summed E-state index contributed by atoms with van der Waals surface area (Å²) in [6.45, 7) is 2.23. The van der Waals surface area contributed by atoms with Crippen molar-refractivity contribution in [2.45, 2.75) is 51.0 Å². The zero-order valence-electron chi connectivity index (χ0n) is 12.3. The molecule has 0 aromatic heterocycles. The number of rotatable bonds is 2. The maximum absolute atomic E-state index is 12.4. The lowest BCUT2D eigenvalue weighted by atomic mass is 9.73. The van der Waals surface area contributed by atoms with Crippen molar-refractivity contribution < 1.29 is 14.3 Å². The van der Waals surface area contributed by atoms with Crippen molar-refractivity contribution >= 4 is 5.78 Å². The summed E-state index contributed by atoms with van der Waals surface area (Å²) in [5.41, 5.74) is 0.435. The van der Waals surface area contributed by atoms with Crippen LogP contribution in [0.3, 0.4) is 0 Å². The third-order valence-electron chi connectivity index (χ3n) is 4.78. The van der Waals surface area contributed by atoms with E-state index in [0.29, 0.717) is 23.7 Å². The lowest BCUT2D eigenvalue weighted by Crippen LogP contribution is -2.45. The second-order valence-electron chi connectivity index (χ2n) is 6.12. The lowest BCUT2D eigenvalue weighted by Gasteiger charge is -2.43. The Bertz CT molecular complexity index is 523.